The molecule has 16 heteroatoms. The van der Waals surface area contributed by atoms with Crippen molar-refractivity contribution in [2.75, 3.05) is 24.7 Å². The van der Waals surface area contributed by atoms with Crippen LogP contribution in [0.1, 0.15) is 13.8 Å². The van der Waals surface area contributed by atoms with Crippen LogP contribution in [0.4, 0.5) is 0 Å². The second kappa shape index (κ2) is 16.4. The third kappa shape index (κ3) is 9.05. The van der Waals surface area contributed by atoms with Gasteiger partial charge < -0.3 is 9.47 Å². The Hall–Kier alpha value is 1.06. The van der Waals surface area contributed by atoms with E-state index in [1.807, 2.05) is 13.8 Å². The van der Waals surface area contributed by atoms with Gasteiger partial charge in [0.1, 0.15) is 13.2 Å². The summed E-state index contributed by atoms with van der Waals surface area (Å²) in [5, 5.41) is 12.7. The van der Waals surface area contributed by atoms with Crippen LogP contribution >= 0.6 is 141 Å². The van der Waals surface area contributed by atoms with Gasteiger partial charge >= 0.3 is 11.9 Å². The molecule has 0 saturated heterocycles. The molecular weight excluding hydrogens is 737 g/mol. The maximum absolute atomic E-state index is 13.1. The Balaban J connectivity index is 1.08. The second-order valence-electron chi connectivity index (χ2n) is 7.43. The van der Waals surface area contributed by atoms with E-state index in [-0.39, 0.29) is 18.8 Å². The first-order valence-electron chi connectivity index (χ1n) is 11.4. The molecule has 0 amide bonds. The SMILES string of the molecule is CC1=C(C)SC(=C(C(=O)OCCSC2=CSC(=C3SC=CS3)S2)C(=O)OCCSC2=CSC(=C3SC=CS3)S2)S1. The summed E-state index contributed by atoms with van der Waals surface area (Å²) in [7, 11) is 0. The summed E-state index contributed by atoms with van der Waals surface area (Å²) < 4.78 is 19.4. The summed E-state index contributed by atoms with van der Waals surface area (Å²) in [5.41, 5.74) is 0.000769. The number of hydrogen-bond donors (Lipinski definition) is 0. The Bertz CT molecular complexity index is 1200. The molecule has 0 radical (unpaired) electrons. The number of thioether (sulfide) groups is 12. The highest BCUT2D eigenvalue weighted by Gasteiger charge is 2.31. The van der Waals surface area contributed by atoms with E-state index in [9.17, 15) is 9.59 Å². The highest BCUT2D eigenvalue weighted by molar-refractivity contribution is 8.38. The molecule has 212 valence electrons. The van der Waals surface area contributed by atoms with Crippen molar-refractivity contribution >= 4 is 153 Å². The van der Waals surface area contributed by atoms with Gasteiger partial charge in [0, 0.05) is 11.5 Å². The summed E-state index contributed by atoms with van der Waals surface area (Å²) >= 11 is 20.2. The molecule has 0 aromatic heterocycles. The minimum atomic E-state index is -0.618. The largest absolute Gasteiger partial charge is 0.461 e. The van der Waals surface area contributed by atoms with E-state index >= 15 is 0 Å². The monoisotopic (exact) mass is 756 g/mol. The number of ether oxygens (including phenoxy) is 2. The van der Waals surface area contributed by atoms with Crippen LogP contribution in [0.15, 0.2) is 77.5 Å². The molecule has 0 aromatic carbocycles. The van der Waals surface area contributed by atoms with Crippen molar-refractivity contribution in [3.63, 3.8) is 0 Å². The predicted octanol–water partition coefficient (Wildman–Crippen LogP) is 11.2. The van der Waals surface area contributed by atoms with Crippen LogP contribution in [0.5, 0.6) is 0 Å². The second-order valence-corrected chi connectivity index (χ2v) is 21.5. The van der Waals surface area contributed by atoms with Crippen LogP contribution in [0, 0.1) is 0 Å². The number of carbonyl (C=O) groups is 2. The molecule has 5 rings (SSSR count). The Kier molecular flexibility index (Phi) is 13.3. The lowest BCUT2D eigenvalue weighted by Gasteiger charge is -2.11. The van der Waals surface area contributed by atoms with Gasteiger partial charge in [0.25, 0.3) is 0 Å². The standard InChI is InChI=1S/C24H20O4S12/c1-13-14(2)38-20(37-13)17(18(25)27-3-5-29-15-11-35-23(39-15)21-31-7-8-32-21)19(26)28-4-6-30-16-12-36-24(40-16)22-33-9-10-34-22/h7-12H,3-6H2,1-2H3. The van der Waals surface area contributed by atoms with Crippen LogP contribution in [0.2, 0.25) is 0 Å². The topological polar surface area (TPSA) is 52.6 Å². The Morgan fingerprint density at radius 1 is 0.625 bits per heavy atom. The summed E-state index contributed by atoms with van der Waals surface area (Å²) in [6.07, 6.45) is 0. The van der Waals surface area contributed by atoms with E-state index in [1.54, 1.807) is 118 Å². The van der Waals surface area contributed by atoms with E-state index < -0.39 is 11.9 Å². The summed E-state index contributed by atoms with van der Waals surface area (Å²) in [4.78, 5) is 28.3. The Morgan fingerprint density at radius 2 is 1.05 bits per heavy atom. The third-order valence-corrected chi connectivity index (χ3v) is 20.1. The molecule has 5 aliphatic rings. The molecular formula is C24H20O4S12. The molecule has 0 N–H and O–H groups in total. The van der Waals surface area contributed by atoms with E-state index in [1.165, 1.54) is 48.9 Å². The molecule has 0 aromatic rings. The molecule has 0 saturated carbocycles. The van der Waals surface area contributed by atoms with Gasteiger partial charge in [-0.2, -0.15) is 0 Å². The van der Waals surface area contributed by atoms with Gasteiger partial charge in [-0.1, -0.05) is 118 Å². The summed E-state index contributed by atoms with van der Waals surface area (Å²) in [6, 6.07) is 0. The normalized spacial score (nSPS) is 20.3. The maximum Gasteiger partial charge on any atom is 0.347 e. The number of rotatable bonds is 10. The molecule has 0 fully saturated rings. The number of allylic oxidation sites excluding steroid dienone is 2. The van der Waals surface area contributed by atoms with Gasteiger partial charge in [0.2, 0.25) is 0 Å². The molecule has 0 bridgehead atoms. The molecule has 40 heavy (non-hydrogen) atoms. The molecule has 0 unspecified atom stereocenters. The van der Waals surface area contributed by atoms with E-state index in [4.69, 9.17) is 9.47 Å². The van der Waals surface area contributed by atoms with Crippen molar-refractivity contribution in [2.24, 2.45) is 0 Å². The molecule has 0 atom stereocenters. The minimum absolute atomic E-state index is 0.000769. The van der Waals surface area contributed by atoms with E-state index in [0.717, 1.165) is 9.81 Å². The average Bonchev–Trinajstić information content (AvgIpc) is 3.77. The number of hydrogen-bond acceptors (Lipinski definition) is 16. The molecule has 0 spiro atoms. The van der Waals surface area contributed by atoms with Gasteiger partial charge in [-0.05, 0) is 56.1 Å². The van der Waals surface area contributed by atoms with Crippen LogP contribution in [0.25, 0.3) is 0 Å². The molecule has 5 aliphatic heterocycles. The van der Waals surface area contributed by atoms with E-state index in [2.05, 4.69) is 32.4 Å². The van der Waals surface area contributed by atoms with Crippen molar-refractivity contribution in [1.29, 1.82) is 0 Å². The molecule has 0 aliphatic carbocycles. The lowest BCUT2D eigenvalue weighted by molar-refractivity contribution is -0.146. The van der Waals surface area contributed by atoms with Crippen LogP contribution in [-0.4, -0.2) is 36.7 Å². The average molecular weight is 757 g/mol. The van der Waals surface area contributed by atoms with Gasteiger partial charge in [-0.25, -0.2) is 9.59 Å². The summed E-state index contributed by atoms with van der Waals surface area (Å²) in [5.74, 6) is 0.000776. The van der Waals surface area contributed by atoms with Crippen molar-refractivity contribution in [3.05, 3.63) is 77.5 Å². The van der Waals surface area contributed by atoms with Gasteiger partial charge in [-0.15, -0.1) is 23.5 Å². The van der Waals surface area contributed by atoms with Crippen molar-refractivity contribution in [1.82, 2.24) is 0 Å². The van der Waals surface area contributed by atoms with Crippen LogP contribution in [0.3, 0.4) is 0 Å². The highest BCUT2D eigenvalue weighted by atomic mass is 32.2. The zero-order chi connectivity index (χ0) is 27.9. The molecule has 5 heterocycles. The summed E-state index contributed by atoms with van der Waals surface area (Å²) in [6.45, 7) is 4.41. The molecule has 4 nitrogen and oxygen atoms in total. The quantitative estimate of drug-likeness (QED) is 0.0698. The van der Waals surface area contributed by atoms with Crippen molar-refractivity contribution in [2.45, 2.75) is 13.8 Å². The zero-order valence-electron chi connectivity index (χ0n) is 20.8. The first kappa shape index (κ1) is 32.5. The highest BCUT2D eigenvalue weighted by Crippen LogP contribution is 2.56. The fourth-order valence-electron chi connectivity index (χ4n) is 2.89. The van der Waals surface area contributed by atoms with Crippen molar-refractivity contribution in [3.8, 4) is 0 Å². The van der Waals surface area contributed by atoms with Gasteiger partial charge in [0.05, 0.1) is 29.7 Å². The first-order chi connectivity index (χ1) is 19.5. The Labute approximate surface area is 285 Å². The van der Waals surface area contributed by atoms with Gasteiger partial charge in [-0.3, -0.25) is 0 Å². The lowest BCUT2D eigenvalue weighted by Crippen LogP contribution is -2.21. The van der Waals surface area contributed by atoms with Gasteiger partial charge in [0.15, 0.2) is 5.57 Å². The number of carbonyl (C=O) groups excluding carboxylic acids is 2. The smallest absolute Gasteiger partial charge is 0.347 e. The zero-order valence-corrected chi connectivity index (χ0v) is 30.6. The van der Waals surface area contributed by atoms with Crippen molar-refractivity contribution < 1.29 is 19.1 Å². The number of esters is 2. The third-order valence-electron chi connectivity index (χ3n) is 4.78. The maximum atomic E-state index is 13.1. The minimum Gasteiger partial charge on any atom is -0.461 e. The van der Waals surface area contributed by atoms with Crippen LogP contribution < -0.4 is 0 Å². The lowest BCUT2D eigenvalue weighted by atomic mass is 10.3. The predicted molar refractivity (Wildman–Crippen MR) is 197 cm³/mol. The fourth-order valence-corrected chi connectivity index (χ4v) is 16.9. The van der Waals surface area contributed by atoms with Crippen LogP contribution in [-0.2, 0) is 19.1 Å². The van der Waals surface area contributed by atoms with E-state index in [0.29, 0.717) is 15.7 Å². The Morgan fingerprint density at radius 3 is 1.48 bits per heavy atom. The first-order valence-corrected chi connectivity index (χ1v) is 21.9. The fraction of sp³-hybridized carbons (Fsp3) is 0.250.